The molecule has 10 rings (SSSR count). The third kappa shape index (κ3) is 3.31. The van der Waals surface area contributed by atoms with Gasteiger partial charge in [0.1, 0.15) is 0 Å². The van der Waals surface area contributed by atoms with E-state index in [2.05, 4.69) is 42.5 Å². The van der Waals surface area contributed by atoms with Crippen molar-refractivity contribution in [3.8, 4) is 51.4 Å². The van der Waals surface area contributed by atoms with E-state index < -0.39 is 0 Å². The van der Waals surface area contributed by atoms with Crippen molar-refractivity contribution in [1.82, 2.24) is 15.0 Å². The van der Waals surface area contributed by atoms with Crippen LogP contribution in [0, 0.1) is 35.0 Å². The van der Waals surface area contributed by atoms with E-state index in [0.29, 0.717) is 34.9 Å². The van der Waals surface area contributed by atoms with Crippen molar-refractivity contribution < 1.29 is 0 Å². The maximum atomic E-state index is 10.5. The van der Waals surface area contributed by atoms with Gasteiger partial charge < -0.3 is 0 Å². The first-order valence-electron chi connectivity index (χ1n) is 15.3. The Labute approximate surface area is 246 Å². The van der Waals surface area contributed by atoms with Crippen molar-refractivity contribution >= 4 is 0 Å². The van der Waals surface area contributed by atoms with Crippen LogP contribution in [0.3, 0.4) is 0 Å². The number of fused-ring (bicyclic) bond motifs is 3. The molecule has 0 radical (unpaired) electrons. The first-order valence-corrected chi connectivity index (χ1v) is 15.3. The molecule has 4 fully saturated rings. The molecule has 4 bridgehead atoms. The molecule has 1 heterocycles. The Hall–Kier alpha value is -4.62. The second-order valence-electron chi connectivity index (χ2n) is 12.8. The molecular weight excluding hydrogens is 512 g/mol. The number of hydrogen-bond acceptors (Lipinski definition) is 4. The van der Waals surface area contributed by atoms with Crippen LogP contribution in [0.25, 0.3) is 45.3 Å². The van der Waals surface area contributed by atoms with Crippen LogP contribution >= 0.6 is 0 Å². The molecule has 0 atom stereocenters. The van der Waals surface area contributed by atoms with Crippen LogP contribution < -0.4 is 0 Å². The lowest BCUT2D eigenvalue weighted by molar-refractivity contribution is -0.0399. The van der Waals surface area contributed by atoms with Crippen LogP contribution in [0.4, 0.5) is 0 Å². The van der Waals surface area contributed by atoms with Gasteiger partial charge in [0.25, 0.3) is 0 Å². The van der Waals surface area contributed by atoms with Gasteiger partial charge >= 0.3 is 0 Å². The SMILES string of the molecule is N#Cc1cc2c(cc1-c1nc(-c3ccccc3)nc(-c3ccccc3)n1)C1(c3ccccc3-2)C2CC3CC(C2)CC1C3. The molecule has 5 aromatic rings. The van der Waals surface area contributed by atoms with Crippen molar-refractivity contribution in [2.45, 2.75) is 37.5 Å². The summed E-state index contributed by atoms with van der Waals surface area (Å²) in [5.74, 6) is 4.85. The topological polar surface area (TPSA) is 62.5 Å². The van der Waals surface area contributed by atoms with Gasteiger partial charge in [-0.2, -0.15) is 5.26 Å². The molecule has 202 valence electrons. The van der Waals surface area contributed by atoms with Gasteiger partial charge in [0, 0.05) is 22.1 Å². The molecule has 42 heavy (non-hydrogen) atoms. The predicted octanol–water partition coefficient (Wildman–Crippen LogP) is 8.47. The summed E-state index contributed by atoms with van der Waals surface area (Å²) in [6.45, 7) is 0. The zero-order valence-electron chi connectivity index (χ0n) is 23.4. The third-order valence-electron chi connectivity index (χ3n) is 10.8. The van der Waals surface area contributed by atoms with Gasteiger partial charge in [0.05, 0.1) is 11.6 Å². The summed E-state index contributed by atoms with van der Waals surface area (Å²) in [6, 6.07) is 36.1. The average molecular weight is 543 g/mol. The second kappa shape index (κ2) is 8.94. The Morgan fingerprint density at radius 2 is 1.10 bits per heavy atom. The zero-order valence-corrected chi connectivity index (χ0v) is 23.4. The van der Waals surface area contributed by atoms with Gasteiger partial charge in [0.15, 0.2) is 17.5 Å². The Morgan fingerprint density at radius 1 is 0.548 bits per heavy atom. The lowest BCUT2D eigenvalue weighted by atomic mass is 9.43. The van der Waals surface area contributed by atoms with E-state index in [4.69, 9.17) is 15.0 Å². The molecule has 0 unspecified atom stereocenters. The van der Waals surface area contributed by atoms with Crippen molar-refractivity contribution in [3.05, 3.63) is 114 Å². The number of nitriles is 1. The molecule has 0 N–H and O–H groups in total. The highest BCUT2D eigenvalue weighted by molar-refractivity contribution is 5.86. The summed E-state index contributed by atoms with van der Waals surface area (Å²) in [6.07, 6.45) is 6.69. The number of benzene rings is 4. The van der Waals surface area contributed by atoms with Crippen LogP contribution in [-0.2, 0) is 5.41 Å². The van der Waals surface area contributed by atoms with E-state index in [9.17, 15) is 5.26 Å². The number of aromatic nitrogens is 3. The molecule has 4 saturated carbocycles. The van der Waals surface area contributed by atoms with Crippen LogP contribution in [0.2, 0.25) is 0 Å². The predicted molar refractivity (Wildman–Crippen MR) is 164 cm³/mol. The molecule has 0 aliphatic heterocycles. The summed E-state index contributed by atoms with van der Waals surface area (Å²) in [5.41, 5.74) is 8.75. The number of hydrogen-bond donors (Lipinski definition) is 0. The lowest BCUT2D eigenvalue weighted by Gasteiger charge is -2.61. The Bertz CT molecular complexity index is 1820. The zero-order chi connectivity index (χ0) is 27.8. The highest BCUT2D eigenvalue weighted by Gasteiger charge is 2.61. The molecule has 1 spiro atoms. The van der Waals surface area contributed by atoms with E-state index in [1.54, 1.807) is 0 Å². The second-order valence-corrected chi connectivity index (χ2v) is 12.8. The van der Waals surface area contributed by atoms with Gasteiger partial charge in [-0.05, 0) is 90.2 Å². The normalized spacial score (nSPS) is 26.2. The lowest BCUT2D eigenvalue weighted by Crippen LogP contribution is -2.55. The molecule has 1 aromatic heterocycles. The fourth-order valence-electron chi connectivity index (χ4n) is 9.40. The van der Waals surface area contributed by atoms with Crippen LogP contribution in [0.1, 0.15) is 48.8 Å². The first-order chi connectivity index (χ1) is 20.7. The number of nitrogens with zero attached hydrogens (tertiary/aromatic N) is 4. The Morgan fingerprint density at radius 3 is 1.69 bits per heavy atom. The summed E-state index contributed by atoms with van der Waals surface area (Å²) in [4.78, 5) is 15.0. The summed E-state index contributed by atoms with van der Waals surface area (Å²) in [7, 11) is 0. The number of rotatable bonds is 3. The minimum absolute atomic E-state index is 0.0135. The minimum Gasteiger partial charge on any atom is -0.208 e. The third-order valence-corrected chi connectivity index (χ3v) is 10.8. The average Bonchev–Trinajstić information content (AvgIpc) is 3.33. The summed E-state index contributed by atoms with van der Waals surface area (Å²) >= 11 is 0. The van der Waals surface area contributed by atoms with Gasteiger partial charge in [0.2, 0.25) is 0 Å². The van der Waals surface area contributed by atoms with Crippen LogP contribution in [0.5, 0.6) is 0 Å². The van der Waals surface area contributed by atoms with Crippen molar-refractivity contribution in [3.63, 3.8) is 0 Å². The summed E-state index contributed by atoms with van der Waals surface area (Å²) < 4.78 is 0. The quantitative estimate of drug-likeness (QED) is 0.229. The van der Waals surface area contributed by atoms with E-state index in [1.807, 2.05) is 60.7 Å². The molecule has 4 aromatic carbocycles. The maximum Gasteiger partial charge on any atom is 0.165 e. The largest absolute Gasteiger partial charge is 0.208 e. The smallest absolute Gasteiger partial charge is 0.165 e. The van der Waals surface area contributed by atoms with E-state index in [0.717, 1.165) is 28.5 Å². The Balaban J connectivity index is 1.30. The van der Waals surface area contributed by atoms with Crippen molar-refractivity contribution in [2.24, 2.45) is 23.7 Å². The monoisotopic (exact) mass is 542 g/mol. The standard InChI is InChI=1S/C38H30N4/c39-22-27-20-32-30-13-7-8-14-33(30)38(28-16-23-15-24(18-28)19-29(38)17-23)34(32)21-31(27)37-41-35(25-9-3-1-4-10-25)40-36(42-37)26-11-5-2-6-12-26/h1-14,20-21,23-24,28-29H,15-19H2. The molecule has 5 aliphatic carbocycles. The first kappa shape index (κ1) is 24.0. The minimum atomic E-state index is 0.0135. The Kier molecular flexibility index (Phi) is 5.11. The molecular formula is C38H30N4. The molecule has 0 amide bonds. The van der Waals surface area contributed by atoms with Crippen LogP contribution in [0.15, 0.2) is 97.1 Å². The van der Waals surface area contributed by atoms with Gasteiger partial charge in [-0.3, -0.25) is 0 Å². The molecule has 4 heteroatoms. The molecule has 4 nitrogen and oxygen atoms in total. The van der Waals surface area contributed by atoms with Gasteiger partial charge in [-0.15, -0.1) is 0 Å². The highest BCUT2D eigenvalue weighted by Crippen LogP contribution is 2.69. The fraction of sp³-hybridized carbons (Fsp3) is 0.263. The van der Waals surface area contributed by atoms with Crippen LogP contribution in [-0.4, -0.2) is 15.0 Å². The van der Waals surface area contributed by atoms with Gasteiger partial charge in [-0.1, -0.05) is 84.9 Å². The van der Waals surface area contributed by atoms with E-state index in [1.165, 1.54) is 54.4 Å². The van der Waals surface area contributed by atoms with E-state index in [-0.39, 0.29) is 5.41 Å². The molecule has 0 saturated heterocycles. The molecule has 5 aliphatic rings. The van der Waals surface area contributed by atoms with E-state index >= 15 is 0 Å². The summed E-state index contributed by atoms with van der Waals surface area (Å²) in [5, 5.41) is 10.5. The fourth-order valence-corrected chi connectivity index (χ4v) is 9.40. The van der Waals surface area contributed by atoms with Gasteiger partial charge in [-0.25, -0.2) is 15.0 Å². The van der Waals surface area contributed by atoms with Crippen molar-refractivity contribution in [2.75, 3.05) is 0 Å². The highest BCUT2D eigenvalue weighted by atomic mass is 15.0. The maximum absolute atomic E-state index is 10.5. The van der Waals surface area contributed by atoms with Crippen molar-refractivity contribution in [1.29, 1.82) is 5.26 Å².